The van der Waals surface area contributed by atoms with Gasteiger partial charge in [-0.15, -0.1) is 18.2 Å². The van der Waals surface area contributed by atoms with Gasteiger partial charge in [-0.2, -0.15) is 0 Å². The quantitative estimate of drug-likeness (QED) is 0.392. The van der Waals surface area contributed by atoms with Crippen molar-refractivity contribution >= 4 is 11.6 Å². The summed E-state index contributed by atoms with van der Waals surface area (Å²) >= 11 is 4.93. The van der Waals surface area contributed by atoms with Gasteiger partial charge in [-0.25, -0.2) is 8.78 Å². The van der Waals surface area contributed by atoms with Gasteiger partial charge in [0.15, 0.2) is 0 Å². The van der Waals surface area contributed by atoms with Crippen molar-refractivity contribution in [1.82, 2.24) is 0 Å². The summed E-state index contributed by atoms with van der Waals surface area (Å²) in [6, 6.07) is 0. The maximum absolute atomic E-state index is 11.2. The molecule has 0 fully saturated rings. The van der Waals surface area contributed by atoms with Crippen LogP contribution in [0.15, 0.2) is 12.7 Å². The third-order valence-corrected chi connectivity index (χ3v) is 0.835. The van der Waals surface area contributed by atoms with E-state index >= 15 is 0 Å². The average Bonchev–Trinajstić information content (AvgIpc) is 1.65. The molecule has 0 bridgehead atoms. The minimum atomic E-state index is -2.49. The maximum atomic E-state index is 11.2. The van der Waals surface area contributed by atoms with Crippen LogP contribution in [0.2, 0.25) is 0 Å². The summed E-state index contributed by atoms with van der Waals surface area (Å²) < 4.78 is 22.5. The minimum Gasteiger partial charge on any atom is -0.208 e. The molecule has 0 unspecified atom stereocenters. The van der Waals surface area contributed by atoms with Gasteiger partial charge < -0.3 is 0 Å². The van der Waals surface area contributed by atoms with Gasteiger partial charge in [0.05, 0.1) is 0 Å². The number of hydrogen-bond donors (Lipinski definition) is 0. The van der Waals surface area contributed by atoms with Crippen LogP contribution in [0.3, 0.4) is 0 Å². The normalized spacial score (nSPS) is 14.3. The molecule has 3 heteroatoms. The second-order valence-electron chi connectivity index (χ2n) is 1.01. The highest BCUT2D eigenvalue weighted by Crippen LogP contribution is 2.07. The van der Waals surface area contributed by atoms with Gasteiger partial charge in [0, 0.05) is 0 Å². The summed E-state index contributed by atoms with van der Waals surface area (Å²) in [6.45, 7) is 3.07. The highest BCUT2D eigenvalue weighted by atomic mass is 35.5. The Labute approximate surface area is 45.8 Å². The van der Waals surface area contributed by atoms with Crippen LogP contribution in [0.4, 0.5) is 8.78 Å². The van der Waals surface area contributed by atoms with Crippen molar-refractivity contribution in [1.29, 1.82) is 0 Å². The number of alkyl halides is 3. The van der Waals surface area contributed by atoms with Crippen molar-refractivity contribution in [2.75, 3.05) is 0 Å². The van der Waals surface area contributed by atoms with Gasteiger partial charge in [0.1, 0.15) is 5.38 Å². The molecule has 0 N–H and O–H groups in total. The zero-order chi connectivity index (χ0) is 5.86. The number of rotatable bonds is 2. The first-order valence-electron chi connectivity index (χ1n) is 1.73. The molecule has 0 radical (unpaired) electrons. The van der Waals surface area contributed by atoms with E-state index in [0.29, 0.717) is 0 Å². The van der Waals surface area contributed by atoms with Gasteiger partial charge in [-0.05, 0) is 0 Å². The van der Waals surface area contributed by atoms with Crippen molar-refractivity contribution in [2.24, 2.45) is 0 Å². The first-order chi connectivity index (χ1) is 3.18. The summed E-state index contributed by atoms with van der Waals surface area (Å²) in [4.78, 5) is 0. The van der Waals surface area contributed by atoms with E-state index < -0.39 is 11.8 Å². The first-order valence-corrected chi connectivity index (χ1v) is 2.17. The smallest absolute Gasteiger partial charge is 0.208 e. The van der Waals surface area contributed by atoms with Crippen molar-refractivity contribution in [3.63, 3.8) is 0 Å². The molecule has 0 heterocycles. The van der Waals surface area contributed by atoms with Crippen LogP contribution in [-0.4, -0.2) is 11.8 Å². The van der Waals surface area contributed by atoms with Crippen molar-refractivity contribution in [2.45, 2.75) is 11.8 Å². The molecule has 0 amide bonds. The molecular weight excluding hydrogens is 121 g/mol. The molecule has 0 rings (SSSR count). The van der Waals surface area contributed by atoms with Crippen LogP contribution in [0.25, 0.3) is 0 Å². The van der Waals surface area contributed by atoms with Crippen LogP contribution in [0.5, 0.6) is 0 Å². The van der Waals surface area contributed by atoms with E-state index in [1.165, 1.54) is 0 Å². The Balaban J connectivity index is 3.33. The lowest BCUT2D eigenvalue weighted by molar-refractivity contribution is 0.156. The SMILES string of the molecule is C=C[C@H](Cl)C(F)F. The molecule has 0 aromatic carbocycles. The van der Waals surface area contributed by atoms with E-state index in [9.17, 15) is 8.78 Å². The average molecular weight is 127 g/mol. The Bertz CT molecular complexity index is 62.7. The van der Waals surface area contributed by atoms with E-state index in [1.54, 1.807) is 0 Å². The fourth-order valence-corrected chi connectivity index (χ4v) is 0.103. The van der Waals surface area contributed by atoms with Crippen molar-refractivity contribution in [3.8, 4) is 0 Å². The molecule has 0 aliphatic carbocycles. The van der Waals surface area contributed by atoms with E-state index in [0.717, 1.165) is 6.08 Å². The van der Waals surface area contributed by atoms with Crippen LogP contribution in [-0.2, 0) is 0 Å². The van der Waals surface area contributed by atoms with Gasteiger partial charge in [-0.1, -0.05) is 6.08 Å². The Morgan fingerprint density at radius 1 is 1.57 bits per heavy atom. The molecule has 0 saturated heterocycles. The van der Waals surface area contributed by atoms with Crippen LogP contribution >= 0.6 is 11.6 Å². The van der Waals surface area contributed by atoms with E-state index in [4.69, 9.17) is 11.6 Å². The van der Waals surface area contributed by atoms with Gasteiger partial charge >= 0.3 is 0 Å². The lowest BCUT2D eigenvalue weighted by Crippen LogP contribution is -2.05. The number of halogens is 3. The molecule has 0 aliphatic rings. The molecule has 0 aliphatic heterocycles. The van der Waals surface area contributed by atoms with Crippen LogP contribution in [0, 0.1) is 0 Å². The molecule has 1 atom stereocenters. The van der Waals surface area contributed by atoms with E-state index in [1.807, 2.05) is 0 Å². The zero-order valence-electron chi connectivity index (χ0n) is 3.57. The molecule has 0 aromatic heterocycles. The third-order valence-electron chi connectivity index (χ3n) is 0.466. The summed E-state index contributed by atoms with van der Waals surface area (Å²) in [6.07, 6.45) is -1.48. The highest BCUT2D eigenvalue weighted by Gasteiger charge is 2.10. The first kappa shape index (κ1) is 6.89. The monoisotopic (exact) mass is 126 g/mol. The van der Waals surface area contributed by atoms with Gasteiger partial charge in [-0.3, -0.25) is 0 Å². The summed E-state index contributed by atoms with van der Waals surface area (Å²) in [5, 5.41) is -1.19. The standard InChI is InChI=1S/C4H5ClF2/c1-2-3(5)4(6)7/h2-4H,1H2/t3-/m0/s1. The summed E-state index contributed by atoms with van der Waals surface area (Å²) in [7, 11) is 0. The molecule has 7 heavy (non-hydrogen) atoms. The fraction of sp³-hybridized carbons (Fsp3) is 0.500. The summed E-state index contributed by atoms with van der Waals surface area (Å²) in [5.41, 5.74) is 0. The Morgan fingerprint density at radius 3 is 2.00 bits per heavy atom. The molecule has 0 nitrogen and oxygen atoms in total. The van der Waals surface area contributed by atoms with E-state index in [2.05, 4.69) is 6.58 Å². The van der Waals surface area contributed by atoms with Gasteiger partial charge in [0.25, 0.3) is 6.43 Å². The number of allylic oxidation sites excluding steroid dienone is 1. The minimum absolute atomic E-state index is 1.01. The van der Waals surface area contributed by atoms with Crippen LogP contribution < -0.4 is 0 Å². The Morgan fingerprint density at radius 2 is 2.00 bits per heavy atom. The predicted molar refractivity (Wildman–Crippen MR) is 25.8 cm³/mol. The zero-order valence-corrected chi connectivity index (χ0v) is 4.33. The Kier molecular flexibility index (Phi) is 2.92. The maximum Gasteiger partial charge on any atom is 0.258 e. The van der Waals surface area contributed by atoms with Gasteiger partial charge in [0.2, 0.25) is 0 Å². The number of hydrogen-bond acceptors (Lipinski definition) is 0. The highest BCUT2D eigenvalue weighted by molar-refractivity contribution is 6.22. The molecule has 0 saturated carbocycles. The van der Waals surface area contributed by atoms with Crippen molar-refractivity contribution in [3.05, 3.63) is 12.7 Å². The van der Waals surface area contributed by atoms with Crippen LogP contribution in [0.1, 0.15) is 0 Å². The summed E-state index contributed by atoms with van der Waals surface area (Å²) in [5.74, 6) is 0. The fourth-order valence-electron chi connectivity index (χ4n) is 0.103. The molecule has 0 aromatic rings. The topological polar surface area (TPSA) is 0 Å². The Hall–Kier alpha value is -0.110. The molecule has 42 valence electrons. The lowest BCUT2D eigenvalue weighted by atomic mass is 10.4. The predicted octanol–water partition coefficient (Wildman–Crippen LogP) is 2.04. The lowest BCUT2D eigenvalue weighted by Gasteiger charge is -1.96. The molecular formula is C4H5ClF2. The second kappa shape index (κ2) is 2.97. The van der Waals surface area contributed by atoms with E-state index in [-0.39, 0.29) is 0 Å². The largest absolute Gasteiger partial charge is 0.258 e. The van der Waals surface area contributed by atoms with Crippen molar-refractivity contribution < 1.29 is 8.78 Å². The third kappa shape index (κ3) is 2.57. The second-order valence-corrected chi connectivity index (χ2v) is 1.52. The molecule has 0 spiro atoms.